The number of anilines is 1. The quantitative estimate of drug-likeness (QED) is 0.373. The van der Waals surface area contributed by atoms with E-state index in [1.165, 1.54) is 0 Å². The molecule has 0 aliphatic carbocycles. The van der Waals surface area contributed by atoms with Gasteiger partial charge in [-0.1, -0.05) is 41.4 Å². The Morgan fingerprint density at radius 1 is 1.14 bits per heavy atom. The number of rotatable bonds is 6. The van der Waals surface area contributed by atoms with Gasteiger partial charge in [-0.15, -0.1) is 0 Å². The number of hydrogen-bond acceptors (Lipinski definition) is 4. The molecule has 2 aromatic carbocycles. The Labute approximate surface area is 223 Å². The minimum absolute atomic E-state index is 0.154. The number of nitrogens with one attached hydrogen (secondary N) is 2. The Morgan fingerprint density at radius 2 is 1.81 bits per heavy atom. The summed E-state index contributed by atoms with van der Waals surface area (Å²) in [6.07, 6.45) is 2.01. The molecule has 3 unspecified atom stereocenters. The van der Waals surface area contributed by atoms with Crippen LogP contribution in [0.3, 0.4) is 0 Å². The first kappa shape index (κ1) is 26.7. The van der Waals surface area contributed by atoms with Crippen molar-refractivity contribution in [2.24, 2.45) is 10.7 Å². The van der Waals surface area contributed by atoms with Crippen LogP contribution in [0.5, 0.6) is 0 Å². The molecule has 0 bridgehead atoms. The first-order valence-electron chi connectivity index (χ1n) is 12.5. The van der Waals surface area contributed by atoms with Gasteiger partial charge in [0.25, 0.3) is 0 Å². The van der Waals surface area contributed by atoms with Crippen LogP contribution in [0.2, 0.25) is 10.0 Å². The molecule has 2 aromatic rings. The van der Waals surface area contributed by atoms with E-state index in [4.69, 9.17) is 38.7 Å². The molecule has 3 atom stereocenters. The predicted molar refractivity (Wildman–Crippen MR) is 147 cm³/mol. The van der Waals surface area contributed by atoms with E-state index in [0.29, 0.717) is 22.1 Å². The van der Waals surface area contributed by atoms with Gasteiger partial charge in [-0.05, 0) is 62.1 Å². The van der Waals surface area contributed by atoms with Crippen LogP contribution < -0.4 is 16.4 Å². The van der Waals surface area contributed by atoms with Gasteiger partial charge in [-0.3, -0.25) is 4.79 Å². The zero-order valence-electron chi connectivity index (χ0n) is 20.8. The molecule has 2 aliphatic rings. The molecular formula is C27H35Cl2N5O2. The summed E-state index contributed by atoms with van der Waals surface area (Å²) < 4.78 is 5.53. The van der Waals surface area contributed by atoms with Crippen LogP contribution in [-0.2, 0) is 9.53 Å². The Morgan fingerprint density at radius 3 is 2.42 bits per heavy atom. The number of aliphatic imine (C=N–C) groups is 1. The Bertz CT molecular complexity index is 1060. The third-order valence-corrected chi connectivity index (χ3v) is 7.23. The van der Waals surface area contributed by atoms with Crippen molar-refractivity contribution >= 4 is 40.8 Å². The van der Waals surface area contributed by atoms with Crippen LogP contribution >= 0.6 is 23.2 Å². The molecule has 4 rings (SSSR count). The fraction of sp³-hybridized carbons (Fsp3) is 0.481. The van der Waals surface area contributed by atoms with Gasteiger partial charge < -0.3 is 26.0 Å². The van der Waals surface area contributed by atoms with Gasteiger partial charge in [-0.2, -0.15) is 0 Å². The van der Waals surface area contributed by atoms with E-state index in [1.807, 2.05) is 30.3 Å². The lowest BCUT2D eigenvalue weighted by Gasteiger charge is -2.38. The summed E-state index contributed by atoms with van der Waals surface area (Å²) in [5.41, 5.74) is 8.30. The molecule has 0 radical (unpaired) electrons. The van der Waals surface area contributed by atoms with Gasteiger partial charge in [0.1, 0.15) is 0 Å². The number of piperazine rings is 1. The van der Waals surface area contributed by atoms with Crippen molar-refractivity contribution in [3.05, 3.63) is 63.6 Å². The molecule has 194 valence electrons. The summed E-state index contributed by atoms with van der Waals surface area (Å²) in [5, 5.41) is 8.23. The third-order valence-electron chi connectivity index (χ3n) is 6.67. The number of amides is 1. The highest BCUT2D eigenvalue weighted by molar-refractivity contribution is 6.35. The maximum Gasteiger partial charge on any atom is 0.218 e. The van der Waals surface area contributed by atoms with Gasteiger partial charge in [-0.25, -0.2) is 4.99 Å². The van der Waals surface area contributed by atoms with E-state index in [1.54, 1.807) is 12.1 Å². The topological polar surface area (TPSA) is 92.0 Å². The van der Waals surface area contributed by atoms with E-state index < -0.39 is 0 Å². The van der Waals surface area contributed by atoms with Crippen molar-refractivity contribution in [2.75, 3.05) is 31.6 Å². The highest BCUT2D eigenvalue weighted by atomic mass is 35.5. The summed E-state index contributed by atoms with van der Waals surface area (Å²) >= 11 is 12.6. The molecule has 7 nitrogen and oxygen atoms in total. The number of hydrogen-bond donors (Lipinski definition) is 3. The molecule has 0 spiro atoms. The molecular weight excluding hydrogens is 497 g/mol. The largest absolute Gasteiger partial charge is 0.381 e. The molecule has 4 N–H and O–H groups in total. The molecule has 9 heteroatoms. The second kappa shape index (κ2) is 12.3. The van der Waals surface area contributed by atoms with Gasteiger partial charge in [0.15, 0.2) is 5.96 Å². The predicted octanol–water partition coefficient (Wildman–Crippen LogP) is 4.63. The van der Waals surface area contributed by atoms with E-state index in [9.17, 15) is 4.79 Å². The van der Waals surface area contributed by atoms with Crippen molar-refractivity contribution < 1.29 is 9.53 Å². The number of carbonyl (C=O) groups is 1. The Balaban J connectivity index is 1.58. The molecule has 1 amide bonds. The average molecular weight is 533 g/mol. The lowest BCUT2D eigenvalue weighted by molar-refractivity contribution is -0.118. The lowest BCUT2D eigenvalue weighted by Crippen LogP contribution is -2.57. The van der Waals surface area contributed by atoms with Crippen molar-refractivity contribution in [1.82, 2.24) is 10.2 Å². The lowest BCUT2D eigenvalue weighted by atomic mass is 9.88. The fourth-order valence-corrected chi connectivity index (χ4v) is 5.54. The third kappa shape index (κ3) is 7.13. The first-order valence-corrected chi connectivity index (χ1v) is 13.3. The van der Waals surface area contributed by atoms with E-state index >= 15 is 0 Å². The minimum atomic E-state index is -0.388. The SMILES string of the molecule is CC1CN(/C(=N\C2CCOCC2)Nc2ccc(C(CC(N)=O)c3ccc(Cl)cc3Cl)cc2)CC(C)N1. The summed E-state index contributed by atoms with van der Waals surface area (Å²) in [5.74, 6) is 0.247. The normalized spacial score (nSPS) is 22.3. The zero-order valence-corrected chi connectivity index (χ0v) is 22.4. The standard InChI is InChI=1S/C27H35Cl2N5O2/c1-17-15-34(16-18(2)31-17)27(33-22-9-11-36-12-10-22)32-21-6-3-19(4-7-21)24(14-26(30)35)23-8-5-20(28)13-25(23)29/h3-8,13,17-18,22,24,31H,9-12,14-16H2,1-2H3,(H2,30,35)(H,32,33). The zero-order chi connectivity index (χ0) is 25.7. The number of halogens is 2. The smallest absolute Gasteiger partial charge is 0.218 e. The maximum absolute atomic E-state index is 11.9. The molecule has 2 heterocycles. The summed E-state index contributed by atoms with van der Waals surface area (Å²) in [4.78, 5) is 19.3. The summed E-state index contributed by atoms with van der Waals surface area (Å²) in [6, 6.07) is 14.4. The number of guanidine groups is 1. The number of ether oxygens (including phenoxy) is 1. The second-order valence-electron chi connectivity index (χ2n) is 9.81. The summed E-state index contributed by atoms with van der Waals surface area (Å²) in [6.45, 7) is 7.66. The number of nitrogens with zero attached hydrogens (tertiary/aromatic N) is 2. The molecule has 2 aliphatic heterocycles. The Kier molecular flexibility index (Phi) is 9.12. The van der Waals surface area contributed by atoms with Crippen LogP contribution in [0.25, 0.3) is 0 Å². The number of primary amides is 1. The van der Waals surface area contributed by atoms with Gasteiger partial charge in [0.05, 0.1) is 6.04 Å². The van der Waals surface area contributed by atoms with E-state index in [-0.39, 0.29) is 24.3 Å². The first-order chi connectivity index (χ1) is 17.3. The highest BCUT2D eigenvalue weighted by Crippen LogP contribution is 2.35. The average Bonchev–Trinajstić information content (AvgIpc) is 2.83. The van der Waals surface area contributed by atoms with Gasteiger partial charge in [0, 0.05) is 66.5 Å². The van der Waals surface area contributed by atoms with Crippen LogP contribution in [0, 0.1) is 0 Å². The van der Waals surface area contributed by atoms with Crippen molar-refractivity contribution in [3.63, 3.8) is 0 Å². The Hall–Kier alpha value is -2.32. The second-order valence-corrected chi connectivity index (χ2v) is 10.6. The monoisotopic (exact) mass is 531 g/mol. The number of benzene rings is 2. The van der Waals surface area contributed by atoms with E-state index in [2.05, 4.69) is 29.4 Å². The van der Waals surface area contributed by atoms with Gasteiger partial charge >= 0.3 is 0 Å². The van der Waals surface area contributed by atoms with Crippen LogP contribution in [0.4, 0.5) is 5.69 Å². The highest BCUT2D eigenvalue weighted by Gasteiger charge is 2.26. The fourth-order valence-electron chi connectivity index (χ4n) is 5.00. The molecule has 2 fully saturated rings. The molecule has 36 heavy (non-hydrogen) atoms. The van der Waals surface area contributed by atoms with Gasteiger partial charge in [0.2, 0.25) is 5.91 Å². The minimum Gasteiger partial charge on any atom is -0.381 e. The number of carbonyl (C=O) groups excluding carboxylic acids is 1. The molecule has 0 aromatic heterocycles. The maximum atomic E-state index is 11.9. The van der Waals surface area contributed by atoms with Crippen LogP contribution in [0.1, 0.15) is 50.2 Å². The van der Waals surface area contributed by atoms with Crippen molar-refractivity contribution in [3.8, 4) is 0 Å². The van der Waals surface area contributed by atoms with Crippen molar-refractivity contribution in [1.29, 1.82) is 0 Å². The van der Waals surface area contributed by atoms with Crippen LogP contribution in [0.15, 0.2) is 47.5 Å². The van der Waals surface area contributed by atoms with Crippen LogP contribution in [-0.4, -0.2) is 61.2 Å². The molecule has 2 saturated heterocycles. The number of nitrogens with two attached hydrogens (primary N) is 1. The molecule has 0 saturated carbocycles. The summed E-state index contributed by atoms with van der Waals surface area (Å²) in [7, 11) is 0. The van der Waals surface area contributed by atoms with E-state index in [0.717, 1.165) is 61.9 Å². The van der Waals surface area contributed by atoms with Crippen molar-refractivity contribution in [2.45, 2.75) is 57.2 Å².